The van der Waals surface area contributed by atoms with Crippen LogP contribution in [-0.4, -0.2) is 46.3 Å². The third-order valence-electron chi connectivity index (χ3n) is 2.44. The highest BCUT2D eigenvalue weighted by Crippen LogP contribution is 2.53. The maximum absolute atomic E-state index is 9.10. The molecule has 14 heavy (non-hydrogen) atoms. The monoisotopic (exact) mass is 252 g/mol. The van der Waals surface area contributed by atoms with E-state index in [1.165, 1.54) is 0 Å². The first-order valence-corrected chi connectivity index (χ1v) is 7.78. The molecule has 2 radical (unpaired) electrons. The average molecular weight is 252 g/mol. The summed E-state index contributed by atoms with van der Waals surface area (Å²) in [5.41, 5.74) is -0.537. The fourth-order valence-corrected chi connectivity index (χ4v) is 4.37. The molecule has 2 N–H and O–H groups in total. The van der Waals surface area contributed by atoms with Crippen LogP contribution in [0.15, 0.2) is 0 Å². The predicted molar refractivity (Wildman–Crippen MR) is 58.9 cm³/mol. The lowest BCUT2D eigenvalue weighted by Crippen LogP contribution is -2.37. The van der Waals surface area contributed by atoms with Gasteiger partial charge in [-0.15, -0.1) is 0 Å². The molecular weight excluding hydrogens is 242 g/mol. The molecular formula is C6H10BO4PS2. The largest absolute Gasteiger partial charge is 0.377 e. The lowest BCUT2D eigenvalue weighted by atomic mass is 9.93. The smallest absolute Gasteiger partial charge is 0.322 e. The quantitative estimate of drug-likeness (QED) is 0.532. The van der Waals surface area contributed by atoms with Crippen LogP contribution in [-0.2, 0) is 21.1 Å². The topological polar surface area (TPSA) is 58.9 Å². The normalized spacial score (nSPS) is 47.2. The van der Waals surface area contributed by atoms with E-state index in [-0.39, 0.29) is 5.25 Å². The van der Waals surface area contributed by atoms with Gasteiger partial charge in [0.05, 0.1) is 5.25 Å². The Labute approximate surface area is 93.0 Å². The summed E-state index contributed by atoms with van der Waals surface area (Å²) in [7, 11) is 5.71. The van der Waals surface area contributed by atoms with Crippen molar-refractivity contribution in [3.05, 3.63) is 0 Å². The van der Waals surface area contributed by atoms with Gasteiger partial charge in [-0.25, -0.2) is 0 Å². The molecule has 78 valence electrons. The van der Waals surface area contributed by atoms with Crippen molar-refractivity contribution >= 4 is 38.1 Å². The van der Waals surface area contributed by atoms with Crippen molar-refractivity contribution < 1.29 is 19.0 Å². The Morgan fingerprint density at radius 2 is 2.36 bits per heavy atom. The molecule has 2 fully saturated rings. The van der Waals surface area contributed by atoms with Crippen molar-refractivity contribution in [1.29, 1.82) is 0 Å². The lowest BCUT2D eigenvalue weighted by Gasteiger charge is -2.27. The number of ether oxygens (including phenoxy) is 1. The third-order valence-corrected chi connectivity index (χ3v) is 4.84. The number of rotatable bonds is 2. The third kappa shape index (κ3) is 1.91. The van der Waals surface area contributed by atoms with E-state index in [0.29, 0.717) is 0 Å². The predicted octanol–water partition coefficient (Wildman–Crippen LogP) is -0.0204. The molecule has 1 unspecified atom stereocenters. The van der Waals surface area contributed by atoms with Gasteiger partial charge in [0.25, 0.3) is 0 Å². The van der Waals surface area contributed by atoms with Crippen molar-refractivity contribution in [1.82, 2.24) is 0 Å². The van der Waals surface area contributed by atoms with Gasteiger partial charge in [-0.2, -0.15) is 11.8 Å². The molecule has 2 aliphatic rings. The molecule has 4 nitrogen and oxygen atoms in total. The van der Waals surface area contributed by atoms with Crippen molar-refractivity contribution in [3.63, 3.8) is 0 Å². The second kappa shape index (κ2) is 3.45. The summed E-state index contributed by atoms with van der Waals surface area (Å²) >= 11 is 6.06. The Kier molecular flexibility index (Phi) is 2.81. The highest BCUT2D eigenvalue weighted by molar-refractivity contribution is 8.06. The molecule has 0 aromatic heterocycles. The Hall–Kier alpha value is 0.905. The van der Waals surface area contributed by atoms with Gasteiger partial charge in [-0.3, -0.25) is 0 Å². The summed E-state index contributed by atoms with van der Waals surface area (Å²) in [5, 5.41) is -0.0541. The van der Waals surface area contributed by atoms with Crippen LogP contribution in [0.5, 0.6) is 0 Å². The Bertz CT molecular complexity index is 298. The van der Waals surface area contributed by atoms with Crippen LogP contribution in [0, 0.1) is 0 Å². The van der Waals surface area contributed by atoms with Gasteiger partial charge < -0.3 is 19.0 Å². The molecule has 0 aromatic carbocycles. The summed E-state index contributed by atoms with van der Waals surface area (Å²) < 4.78 is 10.6. The molecule has 2 bridgehead atoms. The minimum Gasteiger partial charge on any atom is -0.377 e. The molecule has 0 aliphatic carbocycles. The molecule has 0 spiro atoms. The number of fused-ring (bicyclic) bond motifs is 2. The van der Waals surface area contributed by atoms with Crippen LogP contribution in [0.2, 0.25) is 0 Å². The van der Waals surface area contributed by atoms with Crippen molar-refractivity contribution in [2.24, 2.45) is 0 Å². The zero-order valence-corrected chi connectivity index (χ0v) is 10.0. The molecule has 2 aliphatic heterocycles. The molecule has 8 heteroatoms. The van der Waals surface area contributed by atoms with Gasteiger partial charge in [-0.1, -0.05) is 0 Å². The van der Waals surface area contributed by atoms with E-state index in [9.17, 15) is 0 Å². The summed E-state index contributed by atoms with van der Waals surface area (Å²) in [5.74, 6) is 0.741. The van der Waals surface area contributed by atoms with E-state index in [4.69, 9.17) is 26.9 Å². The van der Waals surface area contributed by atoms with Crippen molar-refractivity contribution in [2.45, 2.75) is 29.9 Å². The first-order valence-electron chi connectivity index (χ1n) is 4.11. The molecule has 0 aromatic rings. The van der Waals surface area contributed by atoms with Gasteiger partial charge in [0.15, 0.2) is 0 Å². The molecule has 0 saturated carbocycles. The van der Waals surface area contributed by atoms with Gasteiger partial charge in [0, 0.05) is 11.8 Å². The molecule has 2 saturated heterocycles. The Balaban J connectivity index is 2.17. The standard InChI is InChI=1S/C6H10BO4PS2/c1-6-2-14-3(5(7)10-6)4(6)11-12(8,9)13/h3-5H,2H2,1H3,(H2,8,9,13)/t3-,4?,5+,6-/m0/s1. The second-order valence-electron chi connectivity index (χ2n) is 3.69. The van der Waals surface area contributed by atoms with Gasteiger partial charge in [0.1, 0.15) is 19.6 Å². The average Bonchev–Trinajstić information content (AvgIpc) is 2.36. The van der Waals surface area contributed by atoms with Crippen LogP contribution < -0.4 is 0 Å². The molecule has 4 atom stereocenters. The fraction of sp³-hybridized carbons (Fsp3) is 1.00. The summed E-state index contributed by atoms with van der Waals surface area (Å²) in [6.45, 7) is -1.78. The zero-order chi connectivity index (χ0) is 10.6. The number of hydrogen-bond donors (Lipinski definition) is 2. The van der Waals surface area contributed by atoms with E-state index >= 15 is 0 Å². The summed E-state index contributed by atoms with van der Waals surface area (Å²) in [4.78, 5) is 18.2. The van der Waals surface area contributed by atoms with Gasteiger partial charge in [0.2, 0.25) is 0 Å². The van der Waals surface area contributed by atoms with Crippen molar-refractivity contribution in [2.75, 3.05) is 5.75 Å². The second-order valence-corrected chi connectivity index (χ2v) is 7.47. The van der Waals surface area contributed by atoms with E-state index in [0.717, 1.165) is 5.75 Å². The summed E-state index contributed by atoms with van der Waals surface area (Å²) in [6, 6.07) is -0.412. The Morgan fingerprint density at radius 3 is 2.71 bits per heavy atom. The van der Waals surface area contributed by atoms with Crippen LogP contribution in [0.3, 0.4) is 0 Å². The van der Waals surface area contributed by atoms with E-state index in [1.54, 1.807) is 11.8 Å². The summed E-state index contributed by atoms with van der Waals surface area (Å²) in [6.07, 6.45) is -0.414. The van der Waals surface area contributed by atoms with Gasteiger partial charge in [-0.05, 0) is 18.7 Å². The minimum atomic E-state index is -3.63. The van der Waals surface area contributed by atoms with E-state index in [2.05, 4.69) is 11.8 Å². The SMILES string of the molecule is [B][C@@H]1O[C@@]2(C)CS[C@H]1C2OP(O)(O)=S. The van der Waals surface area contributed by atoms with E-state index < -0.39 is 24.4 Å². The fourth-order valence-electron chi connectivity index (χ4n) is 1.84. The van der Waals surface area contributed by atoms with Crippen LogP contribution in [0.25, 0.3) is 0 Å². The first kappa shape index (κ1) is 11.4. The van der Waals surface area contributed by atoms with Crippen LogP contribution in [0.4, 0.5) is 0 Å². The minimum absolute atomic E-state index is 0.0541. The van der Waals surface area contributed by atoms with Crippen molar-refractivity contribution in [3.8, 4) is 0 Å². The van der Waals surface area contributed by atoms with E-state index in [1.807, 2.05) is 6.92 Å². The number of hydrogen-bond acceptors (Lipinski definition) is 4. The first-order chi connectivity index (χ1) is 6.32. The molecule has 0 amide bonds. The van der Waals surface area contributed by atoms with Gasteiger partial charge >= 0.3 is 6.72 Å². The zero-order valence-electron chi connectivity index (χ0n) is 7.49. The van der Waals surface area contributed by atoms with Crippen LogP contribution in [0.1, 0.15) is 6.92 Å². The van der Waals surface area contributed by atoms with Crippen LogP contribution >= 0.6 is 18.5 Å². The lowest BCUT2D eigenvalue weighted by molar-refractivity contribution is -0.0274. The Morgan fingerprint density at radius 1 is 1.71 bits per heavy atom. The molecule has 2 heterocycles. The highest BCUT2D eigenvalue weighted by Gasteiger charge is 2.58. The maximum atomic E-state index is 9.10. The highest BCUT2D eigenvalue weighted by atomic mass is 32.5. The molecule has 2 rings (SSSR count). The maximum Gasteiger partial charge on any atom is 0.322 e. The number of thioether (sulfide) groups is 1.